The molecule has 26 heavy (non-hydrogen) atoms. The van der Waals surface area contributed by atoms with Crippen LogP contribution >= 0.6 is 0 Å². The number of carbonyl (C=O) groups excluding carboxylic acids is 1. The van der Waals surface area contributed by atoms with Gasteiger partial charge in [-0.15, -0.1) is 0 Å². The quantitative estimate of drug-likeness (QED) is 0.863. The number of amides is 1. The normalized spacial score (nSPS) is 17.0. The number of nitrogens with zero attached hydrogens (tertiary/aromatic N) is 1. The van der Waals surface area contributed by atoms with Crippen LogP contribution in [-0.4, -0.2) is 38.8 Å². The lowest BCUT2D eigenvalue weighted by Crippen LogP contribution is -2.43. The zero-order chi connectivity index (χ0) is 18.4. The molecule has 138 valence electrons. The third-order valence-corrected chi connectivity index (χ3v) is 4.65. The average Bonchev–Trinajstić information content (AvgIpc) is 2.68. The van der Waals surface area contributed by atoms with Gasteiger partial charge in [0.2, 0.25) is 5.91 Å². The molecular formula is C21H26N2O3. The molecule has 1 unspecified atom stereocenters. The van der Waals surface area contributed by atoms with E-state index < -0.39 is 0 Å². The zero-order valence-electron chi connectivity index (χ0n) is 15.4. The number of hydrogen-bond acceptors (Lipinski definition) is 4. The van der Waals surface area contributed by atoms with E-state index in [0.29, 0.717) is 18.9 Å². The first-order chi connectivity index (χ1) is 12.7. The third-order valence-electron chi connectivity index (χ3n) is 4.65. The van der Waals surface area contributed by atoms with Crippen molar-refractivity contribution in [3.05, 3.63) is 54.1 Å². The summed E-state index contributed by atoms with van der Waals surface area (Å²) in [4.78, 5) is 14.5. The molecule has 1 atom stereocenters. The minimum atomic E-state index is 0.0216. The average molecular weight is 354 g/mol. The number of ether oxygens (including phenoxy) is 2. The van der Waals surface area contributed by atoms with Gasteiger partial charge in [0, 0.05) is 30.4 Å². The number of benzene rings is 2. The Balaban J connectivity index is 1.50. The van der Waals surface area contributed by atoms with Gasteiger partial charge < -0.3 is 19.7 Å². The highest BCUT2D eigenvalue weighted by molar-refractivity contribution is 5.91. The number of morpholine rings is 1. The van der Waals surface area contributed by atoms with Crippen LogP contribution < -0.4 is 15.0 Å². The summed E-state index contributed by atoms with van der Waals surface area (Å²) in [5.41, 5.74) is 3.11. The topological polar surface area (TPSA) is 50.8 Å². The Hall–Kier alpha value is -2.53. The highest BCUT2D eigenvalue weighted by atomic mass is 16.5. The molecule has 3 rings (SSSR count). The van der Waals surface area contributed by atoms with Crippen molar-refractivity contribution in [2.45, 2.75) is 25.8 Å². The molecule has 2 aromatic carbocycles. The zero-order valence-corrected chi connectivity index (χ0v) is 15.4. The molecule has 1 N–H and O–H groups in total. The number of rotatable bonds is 6. The molecule has 0 radical (unpaired) electrons. The van der Waals surface area contributed by atoms with Gasteiger partial charge in [-0.05, 0) is 55.3 Å². The van der Waals surface area contributed by atoms with Gasteiger partial charge in [0.1, 0.15) is 5.75 Å². The molecule has 2 aromatic rings. The molecule has 1 fully saturated rings. The second kappa shape index (κ2) is 8.72. The molecule has 1 amide bonds. The van der Waals surface area contributed by atoms with E-state index in [1.165, 1.54) is 0 Å². The van der Waals surface area contributed by atoms with Crippen LogP contribution in [0.5, 0.6) is 5.75 Å². The van der Waals surface area contributed by atoms with Gasteiger partial charge in [0.05, 0.1) is 20.3 Å². The maximum Gasteiger partial charge on any atom is 0.224 e. The summed E-state index contributed by atoms with van der Waals surface area (Å²) >= 11 is 0. The van der Waals surface area contributed by atoms with E-state index in [2.05, 4.69) is 29.3 Å². The summed E-state index contributed by atoms with van der Waals surface area (Å²) in [6.45, 7) is 4.57. The summed E-state index contributed by atoms with van der Waals surface area (Å²) in [7, 11) is 1.65. The molecule has 0 bridgehead atoms. The summed E-state index contributed by atoms with van der Waals surface area (Å²) < 4.78 is 10.6. The van der Waals surface area contributed by atoms with Crippen molar-refractivity contribution in [2.24, 2.45) is 0 Å². The molecule has 5 heteroatoms. The minimum absolute atomic E-state index is 0.0216. The number of carbonyl (C=O) groups is 1. The first-order valence-corrected chi connectivity index (χ1v) is 9.03. The monoisotopic (exact) mass is 354 g/mol. The fourth-order valence-electron chi connectivity index (χ4n) is 3.12. The van der Waals surface area contributed by atoms with E-state index in [1.54, 1.807) is 7.11 Å². The Bertz CT molecular complexity index is 713. The molecule has 0 spiro atoms. The maximum atomic E-state index is 12.2. The molecular weight excluding hydrogens is 328 g/mol. The van der Waals surface area contributed by atoms with E-state index in [0.717, 1.165) is 42.4 Å². The summed E-state index contributed by atoms with van der Waals surface area (Å²) in [5, 5.41) is 2.97. The fourth-order valence-corrected chi connectivity index (χ4v) is 3.12. The second-order valence-corrected chi connectivity index (χ2v) is 6.56. The second-order valence-electron chi connectivity index (χ2n) is 6.56. The van der Waals surface area contributed by atoms with Gasteiger partial charge in [-0.25, -0.2) is 0 Å². The first kappa shape index (κ1) is 18.3. The van der Waals surface area contributed by atoms with Crippen LogP contribution in [0, 0.1) is 0 Å². The van der Waals surface area contributed by atoms with Crippen LogP contribution in [0.3, 0.4) is 0 Å². The van der Waals surface area contributed by atoms with Gasteiger partial charge in [-0.3, -0.25) is 4.79 Å². The lowest BCUT2D eigenvalue weighted by molar-refractivity contribution is -0.116. The van der Waals surface area contributed by atoms with Gasteiger partial charge in [-0.1, -0.05) is 12.1 Å². The van der Waals surface area contributed by atoms with E-state index in [1.807, 2.05) is 36.4 Å². The lowest BCUT2D eigenvalue weighted by Gasteiger charge is -2.35. The molecule has 0 saturated carbocycles. The molecule has 0 aromatic heterocycles. The molecule has 0 aliphatic carbocycles. The van der Waals surface area contributed by atoms with E-state index in [9.17, 15) is 4.79 Å². The van der Waals surface area contributed by atoms with E-state index in [-0.39, 0.29) is 5.91 Å². The van der Waals surface area contributed by atoms with Crippen LogP contribution in [0.15, 0.2) is 48.5 Å². The van der Waals surface area contributed by atoms with Crippen LogP contribution in [0.1, 0.15) is 18.9 Å². The number of nitrogens with one attached hydrogen (secondary N) is 1. The van der Waals surface area contributed by atoms with Gasteiger partial charge in [0.15, 0.2) is 0 Å². The van der Waals surface area contributed by atoms with Crippen LogP contribution in [-0.2, 0) is 16.0 Å². The Kier molecular flexibility index (Phi) is 6.12. The van der Waals surface area contributed by atoms with Crippen molar-refractivity contribution < 1.29 is 14.3 Å². The van der Waals surface area contributed by atoms with Crippen LogP contribution in [0.4, 0.5) is 11.4 Å². The SMILES string of the molecule is COc1ccc(CCC(=O)Nc2ccc(N3CCOCC3C)cc2)cc1. The van der Waals surface area contributed by atoms with Gasteiger partial charge >= 0.3 is 0 Å². The highest BCUT2D eigenvalue weighted by Crippen LogP contribution is 2.22. The summed E-state index contributed by atoms with van der Waals surface area (Å²) in [6, 6.07) is 16.2. The Morgan fingerprint density at radius 2 is 1.92 bits per heavy atom. The predicted octanol–water partition coefficient (Wildman–Crippen LogP) is 3.49. The van der Waals surface area contributed by atoms with Gasteiger partial charge in [0.25, 0.3) is 0 Å². The van der Waals surface area contributed by atoms with Crippen LogP contribution in [0.2, 0.25) is 0 Å². The number of hydrogen-bond donors (Lipinski definition) is 1. The highest BCUT2D eigenvalue weighted by Gasteiger charge is 2.18. The van der Waals surface area contributed by atoms with Crippen molar-refractivity contribution in [3.63, 3.8) is 0 Å². The molecule has 1 saturated heterocycles. The van der Waals surface area contributed by atoms with Crippen molar-refractivity contribution in [1.82, 2.24) is 0 Å². The fraction of sp³-hybridized carbons (Fsp3) is 0.381. The van der Waals surface area contributed by atoms with E-state index in [4.69, 9.17) is 9.47 Å². The summed E-state index contributed by atoms with van der Waals surface area (Å²) in [6.07, 6.45) is 1.16. The number of anilines is 2. The largest absolute Gasteiger partial charge is 0.497 e. The number of methoxy groups -OCH3 is 1. The first-order valence-electron chi connectivity index (χ1n) is 9.03. The maximum absolute atomic E-state index is 12.2. The third kappa shape index (κ3) is 4.76. The lowest BCUT2D eigenvalue weighted by atomic mass is 10.1. The summed E-state index contributed by atoms with van der Waals surface area (Å²) in [5.74, 6) is 0.848. The molecule has 1 aliphatic heterocycles. The molecule has 5 nitrogen and oxygen atoms in total. The standard InChI is InChI=1S/C21H26N2O3/c1-16-15-26-14-13-23(16)19-8-6-18(7-9-19)22-21(24)12-5-17-3-10-20(25-2)11-4-17/h3-4,6-11,16H,5,12-15H2,1-2H3,(H,22,24). The van der Waals surface area contributed by atoms with Gasteiger partial charge in [-0.2, -0.15) is 0 Å². The van der Waals surface area contributed by atoms with Crippen molar-refractivity contribution in [2.75, 3.05) is 37.1 Å². The minimum Gasteiger partial charge on any atom is -0.497 e. The Morgan fingerprint density at radius 1 is 1.19 bits per heavy atom. The molecule has 1 aliphatic rings. The Labute approximate surface area is 154 Å². The molecule has 1 heterocycles. The van der Waals surface area contributed by atoms with Crippen molar-refractivity contribution >= 4 is 17.3 Å². The van der Waals surface area contributed by atoms with Crippen molar-refractivity contribution in [3.8, 4) is 5.75 Å². The van der Waals surface area contributed by atoms with Crippen molar-refractivity contribution in [1.29, 1.82) is 0 Å². The van der Waals surface area contributed by atoms with Crippen LogP contribution in [0.25, 0.3) is 0 Å². The predicted molar refractivity (Wildman–Crippen MR) is 104 cm³/mol. The van der Waals surface area contributed by atoms with E-state index >= 15 is 0 Å². The number of aryl methyl sites for hydroxylation is 1. The smallest absolute Gasteiger partial charge is 0.224 e. The Morgan fingerprint density at radius 3 is 2.58 bits per heavy atom.